The molecule has 0 atom stereocenters. The summed E-state index contributed by atoms with van der Waals surface area (Å²) >= 11 is 8.07. The Morgan fingerprint density at radius 2 is 2.21 bits per heavy atom. The zero-order chi connectivity index (χ0) is 13.3. The lowest BCUT2D eigenvalue weighted by atomic mass is 10.1. The molecule has 1 saturated carbocycles. The Hall–Kier alpha value is -0.740. The van der Waals surface area contributed by atoms with Gasteiger partial charge in [-0.05, 0) is 25.2 Å². The number of alkyl halides is 1. The number of thioether (sulfide) groups is 1. The molecule has 0 aromatic carbocycles. The summed E-state index contributed by atoms with van der Waals surface area (Å²) in [5.41, 5.74) is 2.11. The first-order valence-electron chi connectivity index (χ1n) is 6.68. The summed E-state index contributed by atoms with van der Waals surface area (Å²) in [7, 11) is 0. The minimum Gasteiger partial charge on any atom is -0.325 e. The van der Waals surface area contributed by atoms with Gasteiger partial charge in [0.05, 0.1) is 17.6 Å². The van der Waals surface area contributed by atoms with Crippen LogP contribution in [0.1, 0.15) is 31.5 Å². The van der Waals surface area contributed by atoms with Crippen molar-refractivity contribution >= 4 is 34.4 Å². The number of rotatable bonds is 4. The Labute approximate surface area is 122 Å². The second-order valence-corrected chi connectivity index (χ2v) is 6.75. The second kappa shape index (κ2) is 5.33. The molecule has 0 amide bonds. The van der Waals surface area contributed by atoms with E-state index in [1.54, 1.807) is 0 Å². The zero-order valence-electron chi connectivity index (χ0n) is 11.1. The topological polar surface area (TPSA) is 30.7 Å². The van der Waals surface area contributed by atoms with Crippen LogP contribution in [0.15, 0.2) is 18.5 Å². The summed E-state index contributed by atoms with van der Waals surface area (Å²) in [5.74, 6) is 1.42. The highest BCUT2D eigenvalue weighted by Gasteiger charge is 2.34. The minimum atomic E-state index is 0.359. The van der Waals surface area contributed by atoms with Crippen LogP contribution in [-0.4, -0.2) is 25.5 Å². The largest absolute Gasteiger partial charge is 0.325 e. The molecule has 0 radical (unpaired) electrons. The first-order valence-corrected chi connectivity index (χ1v) is 8.44. The molecule has 2 aromatic rings. The van der Waals surface area contributed by atoms with Gasteiger partial charge in [0.25, 0.3) is 0 Å². The highest BCUT2D eigenvalue weighted by molar-refractivity contribution is 8.00. The van der Waals surface area contributed by atoms with Gasteiger partial charge in [-0.2, -0.15) is 11.8 Å². The summed E-state index contributed by atoms with van der Waals surface area (Å²) in [4.78, 5) is 8.74. The van der Waals surface area contributed by atoms with Gasteiger partial charge in [-0.15, -0.1) is 11.6 Å². The third-order valence-corrected chi connectivity index (χ3v) is 5.79. The van der Waals surface area contributed by atoms with E-state index in [9.17, 15) is 0 Å². The van der Waals surface area contributed by atoms with Crippen LogP contribution in [0.5, 0.6) is 0 Å². The van der Waals surface area contributed by atoms with Crippen LogP contribution in [0.4, 0.5) is 0 Å². The Kier molecular flexibility index (Phi) is 3.72. The number of pyridine rings is 1. The van der Waals surface area contributed by atoms with Gasteiger partial charge in [0.2, 0.25) is 0 Å². The van der Waals surface area contributed by atoms with Gasteiger partial charge in [-0.3, -0.25) is 4.98 Å². The standard InChI is InChI=1S/C14H18ClN3S/c1-19-14(5-2-3-6-14)10-18-12-4-7-16-9-11(12)17-13(18)8-15/h4,7,9H,2-3,5-6,8,10H2,1H3. The van der Waals surface area contributed by atoms with E-state index in [4.69, 9.17) is 11.6 Å². The first-order chi connectivity index (χ1) is 9.28. The maximum atomic E-state index is 6.07. The van der Waals surface area contributed by atoms with Gasteiger partial charge in [0, 0.05) is 17.5 Å². The van der Waals surface area contributed by atoms with Crippen molar-refractivity contribution in [1.82, 2.24) is 14.5 Å². The molecule has 19 heavy (non-hydrogen) atoms. The summed E-state index contributed by atoms with van der Waals surface area (Å²) in [6, 6.07) is 2.04. The zero-order valence-corrected chi connectivity index (χ0v) is 12.7. The molecule has 0 bridgehead atoms. The number of fused-ring (bicyclic) bond motifs is 1. The van der Waals surface area contributed by atoms with Crippen molar-refractivity contribution in [2.24, 2.45) is 0 Å². The third-order valence-electron chi connectivity index (χ3n) is 4.14. The van der Waals surface area contributed by atoms with Crippen LogP contribution in [-0.2, 0) is 12.4 Å². The Morgan fingerprint density at radius 3 is 2.89 bits per heavy atom. The lowest BCUT2D eigenvalue weighted by Crippen LogP contribution is -2.27. The van der Waals surface area contributed by atoms with Gasteiger partial charge in [0.15, 0.2) is 0 Å². The predicted octanol–water partition coefficient (Wildman–Crippen LogP) is 3.85. The highest BCUT2D eigenvalue weighted by atomic mass is 35.5. The molecule has 3 rings (SSSR count). The number of aromatic nitrogens is 3. The molecule has 3 nitrogen and oxygen atoms in total. The number of halogens is 1. The van der Waals surface area contributed by atoms with Crippen LogP contribution in [0, 0.1) is 0 Å². The molecular weight excluding hydrogens is 278 g/mol. The van der Waals surface area contributed by atoms with E-state index in [2.05, 4.69) is 20.8 Å². The van der Waals surface area contributed by atoms with E-state index in [1.165, 1.54) is 25.7 Å². The molecule has 1 aliphatic rings. The summed E-state index contributed by atoms with van der Waals surface area (Å²) in [6.45, 7) is 1.01. The second-order valence-electron chi connectivity index (χ2n) is 5.21. The van der Waals surface area contributed by atoms with Gasteiger partial charge in [0.1, 0.15) is 11.3 Å². The van der Waals surface area contributed by atoms with Crippen molar-refractivity contribution in [3.05, 3.63) is 24.3 Å². The quantitative estimate of drug-likeness (QED) is 0.803. The summed E-state index contributed by atoms with van der Waals surface area (Å²) < 4.78 is 2.66. The molecule has 2 aromatic heterocycles. The van der Waals surface area contributed by atoms with Crippen molar-refractivity contribution in [2.75, 3.05) is 6.26 Å². The van der Waals surface area contributed by atoms with Gasteiger partial charge in [-0.1, -0.05) is 12.8 Å². The summed E-state index contributed by atoms with van der Waals surface area (Å²) in [6.07, 6.45) is 11.1. The van der Waals surface area contributed by atoms with E-state index in [0.29, 0.717) is 10.6 Å². The van der Waals surface area contributed by atoms with E-state index < -0.39 is 0 Å². The van der Waals surface area contributed by atoms with Crippen LogP contribution in [0.25, 0.3) is 11.0 Å². The molecule has 5 heteroatoms. The molecule has 1 aliphatic carbocycles. The molecule has 2 heterocycles. The van der Waals surface area contributed by atoms with Crippen molar-refractivity contribution in [3.63, 3.8) is 0 Å². The average Bonchev–Trinajstić information content (AvgIpc) is 3.05. The van der Waals surface area contributed by atoms with Crippen LogP contribution >= 0.6 is 23.4 Å². The SMILES string of the molecule is CSC1(Cn2c(CCl)nc3cnccc32)CCCC1. The molecule has 0 unspecified atom stereocenters. The van der Waals surface area contributed by atoms with E-state index in [0.717, 1.165) is 23.4 Å². The van der Waals surface area contributed by atoms with Crippen molar-refractivity contribution in [1.29, 1.82) is 0 Å². The molecule has 1 fully saturated rings. The maximum Gasteiger partial charge on any atom is 0.124 e. The molecule has 0 aliphatic heterocycles. The summed E-state index contributed by atoms with van der Waals surface area (Å²) in [5, 5.41) is 0. The van der Waals surface area contributed by atoms with Crippen molar-refractivity contribution in [3.8, 4) is 0 Å². The van der Waals surface area contributed by atoms with Crippen molar-refractivity contribution < 1.29 is 0 Å². The molecule has 0 N–H and O–H groups in total. The lowest BCUT2D eigenvalue weighted by molar-refractivity contribution is 0.505. The predicted molar refractivity (Wildman–Crippen MR) is 81.8 cm³/mol. The third kappa shape index (κ3) is 2.36. The van der Waals surface area contributed by atoms with Gasteiger partial charge in [-0.25, -0.2) is 4.98 Å². The average molecular weight is 296 g/mol. The smallest absolute Gasteiger partial charge is 0.124 e. The molecular formula is C14H18ClN3S. The number of hydrogen-bond acceptors (Lipinski definition) is 3. The Morgan fingerprint density at radius 1 is 1.42 bits per heavy atom. The van der Waals surface area contributed by atoms with Gasteiger partial charge >= 0.3 is 0 Å². The Bertz CT molecular complexity index is 575. The number of nitrogens with zero attached hydrogens (tertiary/aromatic N) is 3. The maximum absolute atomic E-state index is 6.07. The fourth-order valence-corrected chi connectivity index (χ4v) is 4.20. The fourth-order valence-electron chi connectivity index (χ4n) is 3.04. The van der Waals surface area contributed by atoms with E-state index in [1.807, 2.05) is 30.2 Å². The minimum absolute atomic E-state index is 0.359. The highest BCUT2D eigenvalue weighted by Crippen LogP contribution is 2.42. The lowest BCUT2D eigenvalue weighted by Gasteiger charge is -2.28. The van der Waals surface area contributed by atoms with Crippen LogP contribution < -0.4 is 0 Å². The number of imidazole rings is 1. The normalized spacial score (nSPS) is 18.2. The molecule has 102 valence electrons. The van der Waals surface area contributed by atoms with E-state index >= 15 is 0 Å². The first kappa shape index (κ1) is 13.3. The van der Waals surface area contributed by atoms with Crippen molar-refractivity contribution in [2.45, 2.75) is 42.9 Å². The van der Waals surface area contributed by atoms with Crippen LogP contribution in [0.2, 0.25) is 0 Å². The Balaban J connectivity index is 2.03. The number of hydrogen-bond donors (Lipinski definition) is 0. The fraction of sp³-hybridized carbons (Fsp3) is 0.571. The van der Waals surface area contributed by atoms with E-state index in [-0.39, 0.29) is 0 Å². The van der Waals surface area contributed by atoms with Gasteiger partial charge < -0.3 is 4.57 Å². The monoisotopic (exact) mass is 295 g/mol. The van der Waals surface area contributed by atoms with Crippen LogP contribution in [0.3, 0.4) is 0 Å². The molecule has 0 spiro atoms. The molecule has 0 saturated heterocycles.